The Morgan fingerprint density at radius 3 is 2.67 bits per heavy atom. The fourth-order valence-corrected chi connectivity index (χ4v) is 1.30. The predicted molar refractivity (Wildman–Crippen MR) is 69.3 cm³/mol. The second-order valence-electron chi connectivity index (χ2n) is 3.70. The van der Waals surface area contributed by atoms with E-state index in [1.54, 1.807) is 24.3 Å². The number of benzene rings is 1. The Bertz CT molecular complexity index is 409. The molecule has 0 aliphatic carbocycles. The molecule has 1 amide bonds. The molecule has 0 heterocycles. The molecule has 0 aliphatic rings. The largest absolute Gasteiger partial charge is 0.448 e. The first-order chi connectivity index (χ1) is 8.76. The maximum absolute atomic E-state index is 11.4. The molecular formula is C13H17N3O2. The van der Waals surface area contributed by atoms with Gasteiger partial charge in [-0.15, -0.1) is 0 Å². The number of carbonyl (C=O) groups excluding carboxylic acids is 1. The van der Waals surface area contributed by atoms with Gasteiger partial charge in [0.15, 0.2) is 0 Å². The summed E-state index contributed by atoms with van der Waals surface area (Å²) in [5.41, 5.74) is 1.17. The van der Waals surface area contributed by atoms with Gasteiger partial charge in [-0.05, 0) is 37.2 Å². The number of anilines is 1. The second-order valence-corrected chi connectivity index (χ2v) is 3.70. The van der Waals surface area contributed by atoms with Crippen LogP contribution in [-0.2, 0) is 4.74 Å². The quantitative estimate of drug-likeness (QED) is 0.755. The summed E-state index contributed by atoms with van der Waals surface area (Å²) < 4.78 is 4.97. The van der Waals surface area contributed by atoms with Crippen molar-refractivity contribution in [2.75, 3.05) is 25.0 Å². The fourth-order valence-electron chi connectivity index (χ4n) is 1.30. The third-order valence-corrected chi connectivity index (χ3v) is 2.20. The Labute approximate surface area is 107 Å². The fraction of sp³-hybridized carbons (Fsp3) is 0.385. The first-order valence-electron chi connectivity index (χ1n) is 5.91. The molecule has 2 N–H and O–H groups in total. The second kappa shape index (κ2) is 8.09. The van der Waals surface area contributed by atoms with Crippen molar-refractivity contribution in [1.82, 2.24) is 5.32 Å². The van der Waals surface area contributed by atoms with Crippen LogP contribution in [0.2, 0.25) is 0 Å². The summed E-state index contributed by atoms with van der Waals surface area (Å²) in [7, 11) is 0. The average Bonchev–Trinajstić information content (AvgIpc) is 2.39. The van der Waals surface area contributed by atoms with E-state index in [-0.39, 0.29) is 0 Å². The zero-order valence-corrected chi connectivity index (χ0v) is 10.4. The van der Waals surface area contributed by atoms with Gasteiger partial charge in [0.25, 0.3) is 0 Å². The van der Waals surface area contributed by atoms with Crippen molar-refractivity contribution in [3.63, 3.8) is 0 Å². The number of rotatable bonds is 6. The lowest BCUT2D eigenvalue weighted by Crippen LogP contribution is -2.23. The highest BCUT2D eigenvalue weighted by atomic mass is 16.5. The summed E-state index contributed by atoms with van der Waals surface area (Å²) >= 11 is 0. The molecule has 0 saturated carbocycles. The minimum Gasteiger partial charge on any atom is -0.448 e. The number of nitrogens with zero attached hydrogens (tertiary/aromatic N) is 1. The average molecular weight is 247 g/mol. The summed E-state index contributed by atoms with van der Waals surface area (Å²) in [6.07, 6.45) is 0.565. The number of hydrogen-bond acceptors (Lipinski definition) is 4. The Kier molecular flexibility index (Phi) is 6.30. The van der Waals surface area contributed by atoms with E-state index in [0.717, 1.165) is 13.0 Å². The molecule has 5 heteroatoms. The molecular weight excluding hydrogens is 230 g/mol. The van der Waals surface area contributed by atoms with Crippen LogP contribution in [0, 0.1) is 11.3 Å². The molecule has 1 aromatic carbocycles. The Hall–Kier alpha value is -2.06. The monoisotopic (exact) mass is 247 g/mol. The van der Waals surface area contributed by atoms with Crippen LogP contribution in [0.1, 0.15) is 18.9 Å². The van der Waals surface area contributed by atoms with Gasteiger partial charge in [0.1, 0.15) is 6.61 Å². The highest BCUT2D eigenvalue weighted by Gasteiger charge is 2.02. The highest BCUT2D eigenvalue weighted by molar-refractivity contribution is 5.84. The maximum atomic E-state index is 11.4. The molecule has 0 atom stereocenters. The molecule has 0 bridgehead atoms. The first-order valence-corrected chi connectivity index (χ1v) is 5.91. The van der Waals surface area contributed by atoms with Gasteiger partial charge in [-0.25, -0.2) is 4.79 Å². The number of ether oxygens (including phenoxy) is 1. The molecule has 5 nitrogen and oxygen atoms in total. The molecule has 0 unspecified atom stereocenters. The number of hydrogen-bond donors (Lipinski definition) is 2. The van der Waals surface area contributed by atoms with Crippen molar-refractivity contribution in [3.05, 3.63) is 29.8 Å². The van der Waals surface area contributed by atoms with Crippen LogP contribution in [-0.4, -0.2) is 25.8 Å². The van der Waals surface area contributed by atoms with Gasteiger partial charge in [-0.2, -0.15) is 5.26 Å². The number of amides is 1. The smallest absolute Gasteiger partial charge is 0.411 e. The van der Waals surface area contributed by atoms with E-state index in [1.807, 2.05) is 6.07 Å². The SMILES string of the molecule is CCCNCCOC(=O)Nc1ccc(C#N)cc1. The van der Waals surface area contributed by atoms with Crippen LogP contribution in [0.3, 0.4) is 0 Å². The van der Waals surface area contributed by atoms with Gasteiger partial charge >= 0.3 is 6.09 Å². The standard InChI is InChI=1S/C13H17N3O2/c1-2-7-15-8-9-18-13(17)16-12-5-3-11(10-14)4-6-12/h3-6,15H,2,7-9H2,1H3,(H,16,17). The lowest BCUT2D eigenvalue weighted by Gasteiger charge is -2.07. The van der Waals surface area contributed by atoms with E-state index in [2.05, 4.69) is 17.6 Å². The Morgan fingerprint density at radius 2 is 2.06 bits per heavy atom. The van der Waals surface area contributed by atoms with Gasteiger partial charge in [-0.3, -0.25) is 5.32 Å². The molecule has 0 saturated heterocycles. The van der Waals surface area contributed by atoms with Crippen molar-refractivity contribution in [1.29, 1.82) is 5.26 Å². The third kappa shape index (κ3) is 5.32. The minimum absolute atomic E-state index is 0.335. The van der Waals surface area contributed by atoms with E-state index in [4.69, 9.17) is 10.00 Å². The van der Waals surface area contributed by atoms with Crippen molar-refractivity contribution in [2.45, 2.75) is 13.3 Å². The lowest BCUT2D eigenvalue weighted by molar-refractivity contribution is 0.162. The minimum atomic E-state index is -0.488. The molecule has 0 radical (unpaired) electrons. The molecule has 1 aromatic rings. The summed E-state index contributed by atoms with van der Waals surface area (Å²) in [5.74, 6) is 0. The maximum Gasteiger partial charge on any atom is 0.411 e. The van der Waals surface area contributed by atoms with Crippen LogP contribution < -0.4 is 10.6 Å². The number of nitrogens with one attached hydrogen (secondary N) is 2. The molecule has 1 rings (SSSR count). The van der Waals surface area contributed by atoms with E-state index in [9.17, 15) is 4.79 Å². The van der Waals surface area contributed by atoms with Gasteiger partial charge in [0.05, 0.1) is 11.6 Å². The van der Waals surface area contributed by atoms with Crippen molar-refractivity contribution < 1.29 is 9.53 Å². The molecule has 0 spiro atoms. The zero-order valence-electron chi connectivity index (χ0n) is 10.4. The van der Waals surface area contributed by atoms with Crippen LogP contribution in [0.15, 0.2) is 24.3 Å². The number of carbonyl (C=O) groups is 1. The van der Waals surface area contributed by atoms with Gasteiger partial charge in [-0.1, -0.05) is 6.92 Å². The van der Waals surface area contributed by atoms with Gasteiger partial charge in [0.2, 0.25) is 0 Å². The first kappa shape index (κ1) is 14.0. The number of nitriles is 1. The predicted octanol–water partition coefficient (Wildman–Crippen LogP) is 2.11. The molecule has 0 fully saturated rings. The van der Waals surface area contributed by atoms with Crippen molar-refractivity contribution >= 4 is 11.8 Å². The summed E-state index contributed by atoms with van der Waals surface area (Å²) in [5, 5.41) is 14.3. The van der Waals surface area contributed by atoms with Gasteiger partial charge < -0.3 is 10.1 Å². The van der Waals surface area contributed by atoms with E-state index < -0.39 is 6.09 Å². The molecule has 96 valence electrons. The topological polar surface area (TPSA) is 74.2 Å². The Morgan fingerprint density at radius 1 is 1.33 bits per heavy atom. The van der Waals surface area contributed by atoms with Crippen molar-refractivity contribution in [2.24, 2.45) is 0 Å². The lowest BCUT2D eigenvalue weighted by atomic mass is 10.2. The zero-order chi connectivity index (χ0) is 13.2. The molecule has 0 aromatic heterocycles. The summed E-state index contributed by atoms with van der Waals surface area (Å²) in [6, 6.07) is 8.61. The van der Waals surface area contributed by atoms with Crippen molar-refractivity contribution in [3.8, 4) is 6.07 Å². The summed E-state index contributed by atoms with van der Waals surface area (Å²) in [4.78, 5) is 11.4. The van der Waals surface area contributed by atoms with E-state index in [0.29, 0.717) is 24.4 Å². The molecule has 18 heavy (non-hydrogen) atoms. The highest BCUT2D eigenvalue weighted by Crippen LogP contribution is 2.08. The Balaban J connectivity index is 2.25. The van der Waals surface area contributed by atoms with Crippen LogP contribution in [0.4, 0.5) is 10.5 Å². The van der Waals surface area contributed by atoms with Crippen LogP contribution >= 0.6 is 0 Å². The molecule has 0 aliphatic heterocycles. The van der Waals surface area contributed by atoms with Crippen LogP contribution in [0.25, 0.3) is 0 Å². The van der Waals surface area contributed by atoms with E-state index >= 15 is 0 Å². The third-order valence-electron chi connectivity index (χ3n) is 2.20. The summed E-state index contributed by atoms with van der Waals surface area (Å²) in [6.45, 7) is 3.98. The van der Waals surface area contributed by atoms with Gasteiger partial charge in [0, 0.05) is 12.2 Å². The normalized spacial score (nSPS) is 9.56. The van der Waals surface area contributed by atoms with Crippen LogP contribution in [0.5, 0.6) is 0 Å². The van der Waals surface area contributed by atoms with E-state index in [1.165, 1.54) is 0 Å².